The zero-order chi connectivity index (χ0) is 21.3. The molecule has 2 amide bonds. The number of carbonyl (C=O) groups is 2. The molecule has 0 spiro atoms. The molecule has 0 aromatic carbocycles. The van der Waals surface area contributed by atoms with E-state index in [1.54, 1.807) is 30.5 Å². The molecule has 4 heterocycles. The topological polar surface area (TPSA) is 84.0 Å². The van der Waals surface area contributed by atoms with Crippen LogP contribution >= 0.6 is 0 Å². The third kappa shape index (κ3) is 3.81. The van der Waals surface area contributed by atoms with Gasteiger partial charge in [0.2, 0.25) is 0 Å². The zero-order valence-corrected chi connectivity index (χ0v) is 17.6. The van der Waals surface area contributed by atoms with Crippen LogP contribution in [0.15, 0.2) is 41.6 Å². The molecule has 1 fully saturated rings. The first-order valence-electron chi connectivity index (χ1n) is 10.3. The smallest absolute Gasteiger partial charge is 0.276 e. The lowest BCUT2D eigenvalue weighted by atomic mass is 9.93. The van der Waals surface area contributed by atoms with E-state index in [-0.39, 0.29) is 17.7 Å². The summed E-state index contributed by atoms with van der Waals surface area (Å²) in [7, 11) is 1.80. The molecular weight excluding hydrogens is 382 g/mol. The summed E-state index contributed by atoms with van der Waals surface area (Å²) in [6.07, 6.45) is 8.13. The van der Waals surface area contributed by atoms with Gasteiger partial charge in [0.25, 0.3) is 11.8 Å². The normalized spacial score (nSPS) is 15.1. The molecule has 8 heteroatoms. The monoisotopic (exact) mass is 409 g/mol. The lowest BCUT2D eigenvalue weighted by molar-refractivity contribution is 0.0710. The second-order valence-corrected chi connectivity index (χ2v) is 8.31. The van der Waals surface area contributed by atoms with Crippen LogP contribution in [-0.4, -0.2) is 62.7 Å². The Bertz CT molecular complexity index is 1030. The number of nitrogens with zero attached hydrogens (tertiary/aromatic N) is 5. The van der Waals surface area contributed by atoms with Gasteiger partial charge in [0.1, 0.15) is 12.6 Å². The van der Waals surface area contributed by atoms with E-state index in [0.717, 1.165) is 18.5 Å². The number of aromatic nitrogens is 3. The van der Waals surface area contributed by atoms with Crippen molar-refractivity contribution in [3.05, 3.63) is 54.1 Å². The molecule has 8 nitrogen and oxygen atoms in total. The number of imidazole rings is 1. The third-order valence-corrected chi connectivity index (χ3v) is 5.62. The van der Waals surface area contributed by atoms with Crippen molar-refractivity contribution in [2.45, 2.75) is 32.6 Å². The Hall–Kier alpha value is -3.16. The van der Waals surface area contributed by atoms with Crippen molar-refractivity contribution < 1.29 is 14.0 Å². The second kappa shape index (κ2) is 8.30. The molecule has 0 N–H and O–H groups in total. The summed E-state index contributed by atoms with van der Waals surface area (Å²) in [5.41, 5.74) is 2.63. The Kier molecular flexibility index (Phi) is 5.57. The van der Waals surface area contributed by atoms with Gasteiger partial charge in [-0.2, -0.15) is 0 Å². The standard InChI is InChI=1S/C22H27N5O3/c1-15(2)12-25(3)22(29)19-20-23-8-4-18(27(20)14-24-19)16-5-9-26(10-6-16)21(28)17-7-11-30-13-17/h4,7-8,11,13-16H,5-6,9-10,12H2,1-3H3. The number of rotatable bonds is 5. The van der Waals surface area contributed by atoms with Crippen molar-refractivity contribution in [3.63, 3.8) is 0 Å². The van der Waals surface area contributed by atoms with Crippen LogP contribution in [0.5, 0.6) is 0 Å². The number of piperidine rings is 1. The van der Waals surface area contributed by atoms with Crippen LogP contribution in [0.1, 0.15) is 59.1 Å². The highest BCUT2D eigenvalue weighted by Gasteiger charge is 2.27. The van der Waals surface area contributed by atoms with Gasteiger partial charge in [0.05, 0.1) is 11.8 Å². The number of amides is 2. The van der Waals surface area contributed by atoms with E-state index in [1.807, 2.05) is 15.4 Å². The maximum atomic E-state index is 12.8. The number of likely N-dealkylation sites (tertiary alicyclic amines) is 1. The van der Waals surface area contributed by atoms with Crippen molar-refractivity contribution >= 4 is 17.5 Å². The van der Waals surface area contributed by atoms with Crippen molar-refractivity contribution in [1.29, 1.82) is 0 Å². The lowest BCUT2D eigenvalue weighted by Crippen LogP contribution is -2.38. The molecule has 3 aromatic heterocycles. The van der Waals surface area contributed by atoms with Crippen LogP contribution in [0.4, 0.5) is 0 Å². The van der Waals surface area contributed by atoms with E-state index < -0.39 is 0 Å². The van der Waals surface area contributed by atoms with Crippen molar-refractivity contribution in [3.8, 4) is 0 Å². The minimum absolute atomic E-state index is 0.00535. The number of carbonyl (C=O) groups excluding carboxylic acids is 2. The van der Waals surface area contributed by atoms with Crippen LogP contribution in [-0.2, 0) is 0 Å². The molecule has 1 saturated heterocycles. The molecule has 0 atom stereocenters. The Labute approximate surface area is 175 Å². The van der Waals surface area contributed by atoms with Gasteiger partial charge < -0.3 is 14.2 Å². The molecule has 0 bridgehead atoms. The Balaban J connectivity index is 1.51. The van der Waals surface area contributed by atoms with E-state index in [0.29, 0.717) is 42.5 Å². The highest BCUT2D eigenvalue weighted by atomic mass is 16.3. The maximum Gasteiger partial charge on any atom is 0.276 e. The molecule has 3 aromatic rings. The molecule has 158 valence electrons. The van der Waals surface area contributed by atoms with Gasteiger partial charge in [-0.15, -0.1) is 0 Å². The third-order valence-electron chi connectivity index (χ3n) is 5.62. The largest absolute Gasteiger partial charge is 0.472 e. The molecule has 0 saturated carbocycles. The first-order valence-corrected chi connectivity index (χ1v) is 10.3. The van der Waals surface area contributed by atoms with Gasteiger partial charge in [0.15, 0.2) is 11.3 Å². The fourth-order valence-electron chi connectivity index (χ4n) is 4.16. The number of furan rings is 1. The predicted octanol–water partition coefficient (Wildman–Crippen LogP) is 3.07. The van der Waals surface area contributed by atoms with Crippen LogP contribution < -0.4 is 0 Å². The fourth-order valence-corrected chi connectivity index (χ4v) is 4.16. The van der Waals surface area contributed by atoms with Crippen LogP contribution in [0.2, 0.25) is 0 Å². The van der Waals surface area contributed by atoms with Gasteiger partial charge >= 0.3 is 0 Å². The Morgan fingerprint density at radius 1 is 1.23 bits per heavy atom. The summed E-state index contributed by atoms with van der Waals surface area (Å²) >= 11 is 0. The maximum absolute atomic E-state index is 12.8. The van der Waals surface area contributed by atoms with E-state index in [4.69, 9.17) is 4.42 Å². The molecule has 30 heavy (non-hydrogen) atoms. The first-order chi connectivity index (χ1) is 14.5. The van der Waals surface area contributed by atoms with Crippen molar-refractivity contribution in [2.24, 2.45) is 5.92 Å². The molecule has 1 aliphatic rings. The summed E-state index contributed by atoms with van der Waals surface area (Å²) in [5.74, 6) is 0.544. The Morgan fingerprint density at radius 2 is 2.00 bits per heavy atom. The summed E-state index contributed by atoms with van der Waals surface area (Å²) in [6.45, 7) is 6.18. The van der Waals surface area contributed by atoms with Gasteiger partial charge in [0, 0.05) is 44.5 Å². The quantitative estimate of drug-likeness (QED) is 0.647. The molecular formula is C22H27N5O3. The highest BCUT2D eigenvalue weighted by molar-refractivity contribution is 5.97. The summed E-state index contributed by atoms with van der Waals surface area (Å²) in [4.78, 5) is 37.7. The van der Waals surface area contributed by atoms with E-state index in [1.165, 1.54) is 12.5 Å². The minimum atomic E-state index is -0.114. The minimum Gasteiger partial charge on any atom is -0.472 e. The lowest BCUT2D eigenvalue weighted by Gasteiger charge is -2.32. The Morgan fingerprint density at radius 3 is 2.67 bits per heavy atom. The number of hydrogen-bond acceptors (Lipinski definition) is 5. The van der Waals surface area contributed by atoms with Crippen LogP contribution in [0, 0.1) is 5.92 Å². The molecule has 1 aliphatic heterocycles. The predicted molar refractivity (Wildman–Crippen MR) is 111 cm³/mol. The van der Waals surface area contributed by atoms with Crippen molar-refractivity contribution in [2.75, 3.05) is 26.7 Å². The number of hydrogen-bond donors (Lipinski definition) is 0. The average molecular weight is 409 g/mol. The zero-order valence-electron chi connectivity index (χ0n) is 17.6. The molecule has 0 radical (unpaired) electrons. The summed E-state index contributed by atoms with van der Waals surface area (Å²) < 4.78 is 6.95. The number of fused-ring (bicyclic) bond motifs is 1. The van der Waals surface area contributed by atoms with Crippen molar-refractivity contribution in [1.82, 2.24) is 24.2 Å². The first kappa shape index (κ1) is 20.1. The van der Waals surface area contributed by atoms with E-state index in [9.17, 15) is 9.59 Å². The summed E-state index contributed by atoms with van der Waals surface area (Å²) in [6, 6.07) is 3.68. The highest BCUT2D eigenvalue weighted by Crippen LogP contribution is 2.29. The molecule has 4 rings (SSSR count). The van der Waals surface area contributed by atoms with Crippen LogP contribution in [0.3, 0.4) is 0 Å². The summed E-state index contributed by atoms with van der Waals surface area (Å²) in [5, 5.41) is 0. The van der Waals surface area contributed by atoms with Gasteiger partial charge in [-0.3, -0.25) is 14.0 Å². The van der Waals surface area contributed by atoms with E-state index in [2.05, 4.69) is 23.8 Å². The molecule has 0 aliphatic carbocycles. The van der Waals surface area contributed by atoms with Crippen LogP contribution in [0.25, 0.3) is 5.65 Å². The SMILES string of the molecule is CC(C)CN(C)C(=O)c1ncn2c(C3CCN(C(=O)c4ccoc4)CC3)ccnc12. The average Bonchev–Trinajstić information content (AvgIpc) is 3.42. The van der Waals surface area contributed by atoms with Gasteiger partial charge in [-0.05, 0) is 30.9 Å². The van der Waals surface area contributed by atoms with Gasteiger partial charge in [-0.1, -0.05) is 13.8 Å². The van der Waals surface area contributed by atoms with Gasteiger partial charge in [-0.25, -0.2) is 9.97 Å². The fraction of sp³-hybridized carbons (Fsp3) is 0.455. The molecule has 0 unspecified atom stereocenters. The second-order valence-electron chi connectivity index (χ2n) is 8.31. The van der Waals surface area contributed by atoms with E-state index >= 15 is 0 Å².